The molecule has 0 radical (unpaired) electrons. The first kappa shape index (κ1) is 12.3. The SMILES string of the molecule is Oc1cccc(Cl)c1CN1C[C@@H]2CCCN[C@@H]2C1. The van der Waals surface area contributed by atoms with E-state index in [1.807, 2.05) is 6.07 Å². The maximum absolute atomic E-state index is 9.88. The Labute approximate surface area is 113 Å². The number of piperidine rings is 1. The van der Waals surface area contributed by atoms with E-state index in [0.717, 1.165) is 37.7 Å². The molecule has 0 unspecified atom stereocenters. The van der Waals surface area contributed by atoms with Crippen molar-refractivity contribution < 1.29 is 5.11 Å². The summed E-state index contributed by atoms with van der Waals surface area (Å²) in [5.74, 6) is 1.08. The minimum absolute atomic E-state index is 0.310. The van der Waals surface area contributed by atoms with Gasteiger partial charge in [0, 0.05) is 36.3 Å². The average Bonchev–Trinajstić information content (AvgIpc) is 2.76. The lowest BCUT2D eigenvalue weighted by Crippen LogP contribution is -2.40. The molecule has 2 saturated heterocycles. The molecule has 1 aromatic rings. The summed E-state index contributed by atoms with van der Waals surface area (Å²) in [6, 6.07) is 5.97. The van der Waals surface area contributed by atoms with Crippen molar-refractivity contribution in [3.8, 4) is 5.75 Å². The van der Waals surface area contributed by atoms with Crippen molar-refractivity contribution in [2.45, 2.75) is 25.4 Å². The molecule has 0 aliphatic carbocycles. The van der Waals surface area contributed by atoms with Gasteiger partial charge in [0.1, 0.15) is 5.75 Å². The second-order valence-electron chi connectivity index (χ2n) is 5.39. The van der Waals surface area contributed by atoms with Crippen LogP contribution in [-0.2, 0) is 6.54 Å². The highest BCUT2D eigenvalue weighted by molar-refractivity contribution is 6.31. The summed E-state index contributed by atoms with van der Waals surface area (Å²) in [4.78, 5) is 2.40. The predicted molar refractivity (Wildman–Crippen MR) is 72.9 cm³/mol. The lowest BCUT2D eigenvalue weighted by atomic mass is 9.94. The van der Waals surface area contributed by atoms with Gasteiger partial charge in [-0.1, -0.05) is 17.7 Å². The smallest absolute Gasteiger partial charge is 0.121 e. The first-order valence-electron chi connectivity index (χ1n) is 6.66. The molecular formula is C14H19ClN2O. The fourth-order valence-corrected chi connectivity index (χ4v) is 3.42. The molecule has 0 saturated carbocycles. The Morgan fingerprint density at radius 3 is 3.06 bits per heavy atom. The van der Waals surface area contributed by atoms with Gasteiger partial charge >= 0.3 is 0 Å². The zero-order valence-corrected chi connectivity index (χ0v) is 11.2. The number of hydrogen-bond donors (Lipinski definition) is 2. The Kier molecular flexibility index (Phi) is 3.46. The van der Waals surface area contributed by atoms with Gasteiger partial charge in [-0.15, -0.1) is 0 Å². The maximum atomic E-state index is 9.88. The second kappa shape index (κ2) is 5.08. The van der Waals surface area contributed by atoms with E-state index in [-0.39, 0.29) is 0 Å². The maximum Gasteiger partial charge on any atom is 0.121 e. The van der Waals surface area contributed by atoms with Gasteiger partial charge in [0.2, 0.25) is 0 Å². The molecule has 3 nitrogen and oxygen atoms in total. The Hall–Kier alpha value is -0.770. The Bertz CT molecular complexity index is 404. The van der Waals surface area contributed by atoms with Gasteiger partial charge in [0.15, 0.2) is 0 Å². The molecule has 1 aromatic carbocycles. The number of rotatable bonds is 2. The second-order valence-corrected chi connectivity index (χ2v) is 5.80. The Balaban J connectivity index is 1.70. The van der Waals surface area contributed by atoms with E-state index < -0.39 is 0 Å². The summed E-state index contributed by atoms with van der Waals surface area (Å²) in [6.45, 7) is 4.07. The molecule has 2 heterocycles. The molecule has 2 aliphatic rings. The van der Waals surface area contributed by atoms with Crippen LogP contribution in [0.3, 0.4) is 0 Å². The fraction of sp³-hybridized carbons (Fsp3) is 0.571. The van der Waals surface area contributed by atoms with Gasteiger partial charge < -0.3 is 10.4 Å². The Morgan fingerprint density at radius 2 is 2.28 bits per heavy atom. The predicted octanol–water partition coefficient (Wildman–Crippen LogP) is 2.23. The number of aromatic hydroxyl groups is 1. The van der Waals surface area contributed by atoms with Gasteiger partial charge in [0.25, 0.3) is 0 Å². The third kappa shape index (κ3) is 2.35. The first-order valence-corrected chi connectivity index (χ1v) is 7.04. The fourth-order valence-electron chi connectivity index (χ4n) is 3.19. The number of hydrogen-bond acceptors (Lipinski definition) is 3. The van der Waals surface area contributed by atoms with Gasteiger partial charge in [0.05, 0.1) is 0 Å². The molecule has 2 N–H and O–H groups in total. The van der Waals surface area contributed by atoms with E-state index in [1.165, 1.54) is 12.8 Å². The molecule has 3 rings (SSSR count). The van der Waals surface area contributed by atoms with Crippen molar-refractivity contribution in [3.63, 3.8) is 0 Å². The van der Waals surface area contributed by atoms with Crippen LogP contribution in [0.15, 0.2) is 18.2 Å². The summed E-state index contributed by atoms with van der Waals surface area (Å²) in [7, 11) is 0. The summed E-state index contributed by atoms with van der Waals surface area (Å²) in [5, 5.41) is 14.1. The topological polar surface area (TPSA) is 35.5 Å². The monoisotopic (exact) mass is 266 g/mol. The van der Waals surface area contributed by atoms with Crippen LogP contribution in [0, 0.1) is 5.92 Å². The number of nitrogens with one attached hydrogen (secondary N) is 1. The third-order valence-electron chi connectivity index (χ3n) is 4.15. The van der Waals surface area contributed by atoms with Crippen molar-refractivity contribution in [3.05, 3.63) is 28.8 Å². The number of halogens is 1. The van der Waals surface area contributed by atoms with Crippen LogP contribution < -0.4 is 5.32 Å². The minimum Gasteiger partial charge on any atom is -0.508 e. The average molecular weight is 267 g/mol. The highest BCUT2D eigenvalue weighted by Gasteiger charge is 2.34. The van der Waals surface area contributed by atoms with Crippen LogP contribution in [0.25, 0.3) is 0 Å². The number of likely N-dealkylation sites (tertiary alicyclic amines) is 1. The first-order chi connectivity index (χ1) is 8.74. The quantitative estimate of drug-likeness (QED) is 0.862. The lowest BCUT2D eigenvalue weighted by molar-refractivity contribution is 0.307. The van der Waals surface area contributed by atoms with E-state index in [0.29, 0.717) is 16.8 Å². The van der Waals surface area contributed by atoms with Gasteiger partial charge in [-0.2, -0.15) is 0 Å². The third-order valence-corrected chi connectivity index (χ3v) is 4.50. The van der Waals surface area contributed by atoms with E-state index >= 15 is 0 Å². The zero-order valence-electron chi connectivity index (χ0n) is 10.4. The van der Waals surface area contributed by atoms with Crippen LogP contribution >= 0.6 is 11.6 Å². The Morgan fingerprint density at radius 1 is 1.39 bits per heavy atom. The van der Waals surface area contributed by atoms with E-state index in [4.69, 9.17) is 11.6 Å². The molecule has 0 bridgehead atoms. The van der Waals surface area contributed by atoms with Crippen molar-refractivity contribution in [2.24, 2.45) is 5.92 Å². The highest BCUT2D eigenvalue weighted by Crippen LogP contribution is 2.30. The van der Waals surface area contributed by atoms with Crippen molar-refractivity contribution >= 4 is 11.6 Å². The normalized spacial score (nSPS) is 28.3. The summed E-state index contributed by atoms with van der Waals surface area (Å²) >= 11 is 6.16. The van der Waals surface area contributed by atoms with Crippen LogP contribution in [0.1, 0.15) is 18.4 Å². The van der Waals surface area contributed by atoms with Crippen molar-refractivity contribution in [2.75, 3.05) is 19.6 Å². The van der Waals surface area contributed by atoms with Gasteiger partial charge in [-0.25, -0.2) is 0 Å². The van der Waals surface area contributed by atoms with Crippen molar-refractivity contribution in [1.82, 2.24) is 10.2 Å². The number of phenolic OH excluding ortho intramolecular Hbond substituents is 1. The number of benzene rings is 1. The highest BCUT2D eigenvalue weighted by atomic mass is 35.5. The molecular weight excluding hydrogens is 248 g/mol. The van der Waals surface area contributed by atoms with Crippen molar-refractivity contribution in [1.29, 1.82) is 0 Å². The largest absolute Gasteiger partial charge is 0.508 e. The summed E-state index contributed by atoms with van der Waals surface area (Å²) < 4.78 is 0. The molecule has 0 amide bonds. The van der Waals surface area contributed by atoms with E-state index in [2.05, 4.69) is 10.2 Å². The van der Waals surface area contributed by atoms with Crippen LogP contribution in [-0.4, -0.2) is 35.7 Å². The summed E-state index contributed by atoms with van der Waals surface area (Å²) in [6.07, 6.45) is 2.61. The molecule has 0 spiro atoms. The molecule has 2 atom stereocenters. The molecule has 2 fully saturated rings. The minimum atomic E-state index is 0.310. The molecule has 0 aromatic heterocycles. The summed E-state index contributed by atoms with van der Waals surface area (Å²) in [5.41, 5.74) is 0.859. The van der Waals surface area contributed by atoms with Crippen LogP contribution in [0.4, 0.5) is 0 Å². The lowest BCUT2D eigenvalue weighted by Gasteiger charge is -2.24. The zero-order chi connectivity index (χ0) is 12.5. The standard InChI is InChI=1S/C14H19ClN2O/c15-12-4-1-5-14(18)11(12)8-17-7-10-3-2-6-16-13(10)9-17/h1,4-5,10,13,16,18H,2-3,6-9H2/t10-,13+/m0/s1. The molecule has 4 heteroatoms. The van der Waals surface area contributed by atoms with Crippen LogP contribution in [0.5, 0.6) is 5.75 Å². The molecule has 98 valence electrons. The number of phenols is 1. The van der Waals surface area contributed by atoms with Gasteiger partial charge in [-0.3, -0.25) is 4.90 Å². The van der Waals surface area contributed by atoms with Crippen LogP contribution in [0.2, 0.25) is 5.02 Å². The van der Waals surface area contributed by atoms with E-state index in [1.54, 1.807) is 12.1 Å². The number of nitrogens with zero attached hydrogens (tertiary/aromatic N) is 1. The van der Waals surface area contributed by atoms with E-state index in [9.17, 15) is 5.11 Å². The van der Waals surface area contributed by atoms with Gasteiger partial charge in [-0.05, 0) is 37.4 Å². The number of fused-ring (bicyclic) bond motifs is 1. The molecule has 2 aliphatic heterocycles. The molecule has 18 heavy (non-hydrogen) atoms.